The van der Waals surface area contributed by atoms with Crippen molar-refractivity contribution < 1.29 is 9.59 Å². The summed E-state index contributed by atoms with van der Waals surface area (Å²) >= 11 is 5.97. The van der Waals surface area contributed by atoms with Crippen molar-refractivity contribution >= 4 is 23.4 Å². The van der Waals surface area contributed by atoms with Crippen molar-refractivity contribution in [2.45, 2.75) is 25.8 Å². The highest BCUT2D eigenvalue weighted by Gasteiger charge is 2.36. The molecule has 0 aromatic heterocycles. The lowest BCUT2D eigenvalue weighted by Gasteiger charge is -2.25. The summed E-state index contributed by atoms with van der Waals surface area (Å²) in [5.74, 6) is -0.299. The molecule has 0 aliphatic carbocycles. The molecule has 4 nitrogen and oxygen atoms in total. The molecule has 0 bridgehead atoms. The zero-order valence-electron chi connectivity index (χ0n) is 14.8. The van der Waals surface area contributed by atoms with Crippen LogP contribution in [-0.2, 0) is 16.0 Å². The summed E-state index contributed by atoms with van der Waals surface area (Å²) in [5, 5.41) is 3.65. The number of nitrogens with one attached hydrogen (secondary N) is 1. The predicted molar refractivity (Wildman–Crippen MR) is 103 cm³/mol. The quantitative estimate of drug-likeness (QED) is 0.844. The number of likely N-dealkylation sites (tertiary alicyclic amines) is 1. The van der Waals surface area contributed by atoms with Crippen LogP contribution in [0.2, 0.25) is 5.02 Å². The molecule has 2 unspecified atom stereocenters. The summed E-state index contributed by atoms with van der Waals surface area (Å²) < 4.78 is 0. The number of amides is 2. The number of carbonyl (C=O) groups is 2. The van der Waals surface area contributed by atoms with Gasteiger partial charge in [0.05, 0.1) is 12.0 Å². The SMILES string of the molecule is CC(c1ccccc1)N1CC(C(=O)NCCc2cccc(Cl)c2)CC1=O. The van der Waals surface area contributed by atoms with Crippen LogP contribution in [0, 0.1) is 5.92 Å². The molecule has 0 saturated carbocycles. The highest BCUT2D eigenvalue weighted by molar-refractivity contribution is 6.30. The van der Waals surface area contributed by atoms with Crippen LogP contribution >= 0.6 is 11.6 Å². The molecule has 0 spiro atoms. The number of hydrogen-bond donors (Lipinski definition) is 1. The number of rotatable bonds is 6. The fourth-order valence-electron chi connectivity index (χ4n) is 3.36. The minimum absolute atomic E-state index is 0.0204. The van der Waals surface area contributed by atoms with Crippen LogP contribution in [0.1, 0.15) is 30.5 Å². The summed E-state index contributed by atoms with van der Waals surface area (Å²) in [6.45, 7) is 3.02. The van der Waals surface area contributed by atoms with Gasteiger partial charge in [-0.1, -0.05) is 54.1 Å². The van der Waals surface area contributed by atoms with E-state index < -0.39 is 0 Å². The molecule has 1 aliphatic heterocycles. The van der Waals surface area contributed by atoms with Gasteiger partial charge in [0, 0.05) is 24.5 Å². The Labute approximate surface area is 159 Å². The Bertz CT molecular complexity index is 779. The Kier molecular flexibility index (Phi) is 5.94. The summed E-state index contributed by atoms with van der Waals surface area (Å²) in [5.41, 5.74) is 2.17. The van der Waals surface area contributed by atoms with E-state index in [1.54, 1.807) is 4.90 Å². The first kappa shape index (κ1) is 18.5. The number of benzene rings is 2. The topological polar surface area (TPSA) is 49.4 Å². The molecule has 5 heteroatoms. The lowest BCUT2D eigenvalue weighted by molar-refractivity contribution is -0.130. The third-order valence-electron chi connectivity index (χ3n) is 4.88. The van der Waals surface area contributed by atoms with Crippen LogP contribution in [0.5, 0.6) is 0 Å². The van der Waals surface area contributed by atoms with Crippen LogP contribution in [0.15, 0.2) is 54.6 Å². The standard InChI is InChI=1S/C21H23ClN2O2/c1-15(17-7-3-2-4-8-17)24-14-18(13-20(24)25)21(26)23-11-10-16-6-5-9-19(22)12-16/h2-9,12,15,18H,10-11,13-14H2,1H3,(H,23,26). The van der Waals surface area contributed by atoms with E-state index in [0.29, 0.717) is 18.1 Å². The van der Waals surface area contributed by atoms with Crippen molar-refractivity contribution in [1.29, 1.82) is 0 Å². The van der Waals surface area contributed by atoms with E-state index in [4.69, 9.17) is 11.6 Å². The molecule has 2 amide bonds. The lowest BCUT2D eigenvalue weighted by atomic mass is 10.1. The zero-order chi connectivity index (χ0) is 18.5. The lowest BCUT2D eigenvalue weighted by Crippen LogP contribution is -2.34. The molecule has 2 atom stereocenters. The maximum atomic E-state index is 12.4. The first-order valence-electron chi connectivity index (χ1n) is 8.91. The van der Waals surface area contributed by atoms with Crippen molar-refractivity contribution in [2.75, 3.05) is 13.1 Å². The summed E-state index contributed by atoms with van der Waals surface area (Å²) in [4.78, 5) is 26.6. The van der Waals surface area contributed by atoms with E-state index in [9.17, 15) is 9.59 Å². The Morgan fingerprint density at radius 2 is 2.00 bits per heavy atom. The van der Waals surface area contributed by atoms with Gasteiger partial charge >= 0.3 is 0 Å². The number of halogens is 1. The molecule has 1 aliphatic rings. The largest absolute Gasteiger partial charge is 0.355 e. The van der Waals surface area contributed by atoms with Crippen molar-refractivity contribution in [3.05, 3.63) is 70.7 Å². The van der Waals surface area contributed by atoms with Gasteiger partial charge in [-0.3, -0.25) is 9.59 Å². The third-order valence-corrected chi connectivity index (χ3v) is 5.12. The Balaban J connectivity index is 1.52. The summed E-state index contributed by atoms with van der Waals surface area (Å²) in [7, 11) is 0. The molecule has 1 saturated heterocycles. The fourth-order valence-corrected chi connectivity index (χ4v) is 3.57. The van der Waals surface area contributed by atoms with Gasteiger partial charge in [-0.25, -0.2) is 0 Å². The minimum Gasteiger partial charge on any atom is -0.355 e. The number of nitrogens with zero attached hydrogens (tertiary/aromatic N) is 1. The Morgan fingerprint density at radius 1 is 1.23 bits per heavy atom. The monoisotopic (exact) mass is 370 g/mol. The average molecular weight is 371 g/mol. The van der Waals surface area contributed by atoms with E-state index in [0.717, 1.165) is 17.5 Å². The molecule has 2 aromatic carbocycles. The molecule has 1 N–H and O–H groups in total. The van der Waals surface area contributed by atoms with Gasteiger partial charge in [0.2, 0.25) is 11.8 Å². The third kappa shape index (κ3) is 4.44. The maximum Gasteiger partial charge on any atom is 0.225 e. The molecule has 136 valence electrons. The Morgan fingerprint density at radius 3 is 2.73 bits per heavy atom. The highest BCUT2D eigenvalue weighted by atomic mass is 35.5. The van der Waals surface area contributed by atoms with E-state index in [2.05, 4.69) is 5.32 Å². The predicted octanol–water partition coefficient (Wildman–Crippen LogP) is 3.61. The number of hydrogen-bond acceptors (Lipinski definition) is 2. The first-order valence-corrected chi connectivity index (χ1v) is 9.29. The molecular formula is C21H23ClN2O2. The van der Waals surface area contributed by atoms with Crippen molar-refractivity contribution in [3.8, 4) is 0 Å². The van der Waals surface area contributed by atoms with Gasteiger partial charge in [0.1, 0.15) is 0 Å². The van der Waals surface area contributed by atoms with E-state index in [1.807, 2.05) is 61.5 Å². The highest BCUT2D eigenvalue weighted by Crippen LogP contribution is 2.28. The van der Waals surface area contributed by atoms with Crippen LogP contribution in [0.3, 0.4) is 0 Å². The molecule has 3 rings (SSSR count). The second kappa shape index (κ2) is 8.37. The zero-order valence-corrected chi connectivity index (χ0v) is 15.6. The molecule has 0 radical (unpaired) electrons. The summed E-state index contributed by atoms with van der Waals surface area (Å²) in [6.07, 6.45) is 0.997. The van der Waals surface area contributed by atoms with Crippen LogP contribution in [-0.4, -0.2) is 29.8 Å². The molecule has 2 aromatic rings. The number of carbonyl (C=O) groups excluding carboxylic acids is 2. The van der Waals surface area contributed by atoms with Crippen LogP contribution in [0.4, 0.5) is 0 Å². The van der Waals surface area contributed by atoms with Gasteiger partial charge in [-0.05, 0) is 36.6 Å². The van der Waals surface area contributed by atoms with Gasteiger partial charge < -0.3 is 10.2 Å². The second-order valence-electron chi connectivity index (χ2n) is 6.70. The fraction of sp³-hybridized carbons (Fsp3) is 0.333. The minimum atomic E-state index is -0.284. The van der Waals surface area contributed by atoms with Gasteiger partial charge in [-0.15, -0.1) is 0 Å². The van der Waals surface area contributed by atoms with E-state index in [1.165, 1.54) is 0 Å². The van der Waals surface area contributed by atoms with Gasteiger partial charge in [0.15, 0.2) is 0 Å². The Hall–Kier alpha value is -2.33. The smallest absolute Gasteiger partial charge is 0.225 e. The first-order chi connectivity index (χ1) is 12.5. The average Bonchev–Trinajstić information content (AvgIpc) is 3.04. The molecular weight excluding hydrogens is 348 g/mol. The van der Waals surface area contributed by atoms with Crippen molar-refractivity contribution in [1.82, 2.24) is 10.2 Å². The molecule has 26 heavy (non-hydrogen) atoms. The molecule has 1 heterocycles. The second-order valence-corrected chi connectivity index (χ2v) is 7.14. The maximum absolute atomic E-state index is 12.4. The van der Waals surface area contributed by atoms with E-state index >= 15 is 0 Å². The van der Waals surface area contributed by atoms with Gasteiger partial charge in [-0.2, -0.15) is 0 Å². The van der Waals surface area contributed by atoms with Crippen LogP contribution < -0.4 is 5.32 Å². The molecule has 1 fully saturated rings. The van der Waals surface area contributed by atoms with Gasteiger partial charge in [0.25, 0.3) is 0 Å². The van der Waals surface area contributed by atoms with E-state index in [-0.39, 0.29) is 30.2 Å². The van der Waals surface area contributed by atoms with Crippen LogP contribution in [0.25, 0.3) is 0 Å². The van der Waals surface area contributed by atoms with Crippen molar-refractivity contribution in [3.63, 3.8) is 0 Å². The normalized spacial score (nSPS) is 18.0. The summed E-state index contributed by atoms with van der Waals surface area (Å²) in [6, 6.07) is 17.5. The van der Waals surface area contributed by atoms with Crippen molar-refractivity contribution in [2.24, 2.45) is 5.92 Å².